The Balaban J connectivity index is 2.25. The third-order valence-electron chi connectivity index (χ3n) is 3.04. The molecular weight excluding hydrogens is 146 g/mol. The smallest absolute Gasteiger partial charge is 0.00235 e. The SMILES string of the molecule is C=C(C)C1CCC(CNC)CC1. The highest BCUT2D eigenvalue weighted by Crippen LogP contribution is 2.31. The lowest BCUT2D eigenvalue weighted by molar-refractivity contribution is 0.297. The lowest BCUT2D eigenvalue weighted by Gasteiger charge is -2.28. The average molecular weight is 167 g/mol. The molecule has 1 aliphatic carbocycles. The van der Waals surface area contributed by atoms with Gasteiger partial charge in [-0.15, -0.1) is 0 Å². The fourth-order valence-corrected chi connectivity index (χ4v) is 2.15. The molecule has 0 radical (unpaired) electrons. The highest BCUT2D eigenvalue weighted by atomic mass is 14.8. The maximum absolute atomic E-state index is 4.03. The summed E-state index contributed by atoms with van der Waals surface area (Å²) in [4.78, 5) is 0. The Labute approximate surface area is 76.2 Å². The molecule has 0 aromatic rings. The summed E-state index contributed by atoms with van der Waals surface area (Å²) in [5, 5.41) is 3.26. The van der Waals surface area contributed by atoms with Crippen molar-refractivity contribution < 1.29 is 0 Å². The van der Waals surface area contributed by atoms with Gasteiger partial charge in [-0.05, 0) is 58.0 Å². The van der Waals surface area contributed by atoms with Gasteiger partial charge in [-0.25, -0.2) is 0 Å². The van der Waals surface area contributed by atoms with E-state index in [-0.39, 0.29) is 0 Å². The van der Waals surface area contributed by atoms with E-state index in [1.807, 2.05) is 7.05 Å². The second-order valence-electron chi connectivity index (χ2n) is 4.12. The van der Waals surface area contributed by atoms with Gasteiger partial charge in [0.25, 0.3) is 0 Å². The van der Waals surface area contributed by atoms with Crippen LogP contribution < -0.4 is 5.32 Å². The van der Waals surface area contributed by atoms with Gasteiger partial charge in [0.15, 0.2) is 0 Å². The van der Waals surface area contributed by atoms with Crippen molar-refractivity contribution in [2.24, 2.45) is 11.8 Å². The van der Waals surface area contributed by atoms with Crippen LogP contribution in [0.5, 0.6) is 0 Å². The quantitative estimate of drug-likeness (QED) is 0.637. The van der Waals surface area contributed by atoms with Crippen molar-refractivity contribution in [3.05, 3.63) is 12.2 Å². The Kier molecular flexibility index (Phi) is 3.80. The van der Waals surface area contributed by atoms with Crippen molar-refractivity contribution in [1.82, 2.24) is 5.32 Å². The summed E-state index contributed by atoms with van der Waals surface area (Å²) in [6.45, 7) is 7.40. The van der Waals surface area contributed by atoms with Crippen LogP contribution in [0, 0.1) is 11.8 Å². The lowest BCUT2D eigenvalue weighted by atomic mass is 9.79. The van der Waals surface area contributed by atoms with Gasteiger partial charge in [0.2, 0.25) is 0 Å². The predicted octanol–water partition coefficient (Wildman–Crippen LogP) is 2.59. The number of nitrogens with one attached hydrogen (secondary N) is 1. The Morgan fingerprint density at radius 2 is 1.92 bits per heavy atom. The molecule has 0 unspecified atom stereocenters. The van der Waals surface area contributed by atoms with Crippen LogP contribution in [0.2, 0.25) is 0 Å². The van der Waals surface area contributed by atoms with Crippen LogP contribution in [0.15, 0.2) is 12.2 Å². The fourth-order valence-electron chi connectivity index (χ4n) is 2.15. The highest BCUT2D eigenvalue weighted by molar-refractivity contribution is 4.97. The minimum Gasteiger partial charge on any atom is -0.319 e. The topological polar surface area (TPSA) is 12.0 Å². The number of rotatable bonds is 3. The van der Waals surface area contributed by atoms with Crippen LogP contribution in [-0.2, 0) is 0 Å². The molecule has 12 heavy (non-hydrogen) atoms. The molecule has 1 aliphatic rings. The van der Waals surface area contributed by atoms with Crippen LogP contribution in [0.3, 0.4) is 0 Å². The van der Waals surface area contributed by atoms with Crippen LogP contribution in [0.25, 0.3) is 0 Å². The first-order chi connectivity index (χ1) is 5.74. The van der Waals surface area contributed by atoms with Crippen molar-refractivity contribution in [3.63, 3.8) is 0 Å². The van der Waals surface area contributed by atoms with Gasteiger partial charge in [-0.1, -0.05) is 12.2 Å². The summed E-state index contributed by atoms with van der Waals surface area (Å²) < 4.78 is 0. The number of hydrogen-bond acceptors (Lipinski definition) is 1. The molecule has 1 N–H and O–H groups in total. The minimum absolute atomic E-state index is 0.818. The molecule has 1 heteroatoms. The Morgan fingerprint density at radius 3 is 2.33 bits per heavy atom. The second-order valence-corrected chi connectivity index (χ2v) is 4.12. The third-order valence-corrected chi connectivity index (χ3v) is 3.04. The molecule has 70 valence electrons. The molecule has 0 saturated heterocycles. The number of hydrogen-bond donors (Lipinski definition) is 1. The Hall–Kier alpha value is -0.300. The van der Waals surface area contributed by atoms with Crippen molar-refractivity contribution >= 4 is 0 Å². The fraction of sp³-hybridized carbons (Fsp3) is 0.818. The molecule has 1 saturated carbocycles. The van der Waals surface area contributed by atoms with Gasteiger partial charge in [-0.2, -0.15) is 0 Å². The van der Waals surface area contributed by atoms with Crippen LogP contribution >= 0.6 is 0 Å². The van der Waals surface area contributed by atoms with Gasteiger partial charge < -0.3 is 5.32 Å². The molecule has 0 atom stereocenters. The zero-order valence-electron chi connectivity index (χ0n) is 8.40. The maximum atomic E-state index is 4.03. The van der Waals surface area contributed by atoms with Gasteiger partial charge in [0.1, 0.15) is 0 Å². The summed E-state index contributed by atoms with van der Waals surface area (Å²) in [5.74, 6) is 1.74. The third kappa shape index (κ3) is 2.63. The second kappa shape index (κ2) is 4.66. The molecule has 1 fully saturated rings. The predicted molar refractivity (Wildman–Crippen MR) is 54.2 cm³/mol. The first-order valence-corrected chi connectivity index (χ1v) is 5.04. The summed E-state index contributed by atoms with van der Waals surface area (Å²) >= 11 is 0. The first kappa shape index (κ1) is 9.79. The van der Waals surface area contributed by atoms with Gasteiger partial charge >= 0.3 is 0 Å². The Morgan fingerprint density at radius 1 is 1.33 bits per heavy atom. The van der Waals surface area contributed by atoms with Gasteiger partial charge in [-0.3, -0.25) is 0 Å². The molecule has 0 amide bonds. The van der Waals surface area contributed by atoms with Crippen molar-refractivity contribution in [2.45, 2.75) is 32.6 Å². The summed E-state index contributed by atoms with van der Waals surface area (Å²) in [6.07, 6.45) is 5.50. The van der Waals surface area contributed by atoms with E-state index in [1.54, 1.807) is 0 Å². The molecule has 0 aliphatic heterocycles. The van der Waals surface area contributed by atoms with E-state index in [1.165, 1.54) is 37.8 Å². The summed E-state index contributed by atoms with van der Waals surface area (Å²) in [5.41, 5.74) is 1.39. The molecule has 0 spiro atoms. The summed E-state index contributed by atoms with van der Waals surface area (Å²) in [6, 6.07) is 0. The lowest BCUT2D eigenvalue weighted by Crippen LogP contribution is -2.24. The monoisotopic (exact) mass is 167 g/mol. The normalized spacial score (nSPS) is 30.2. The van der Waals surface area contributed by atoms with Gasteiger partial charge in [0, 0.05) is 0 Å². The van der Waals surface area contributed by atoms with Crippen molar-refractivity contribution in [1.29, 1.82) is 0 Å². The molecule has 0 heterocycles. The largest absolute Gasteiger partial charge is 0.319 e. The zero-order chi connectivity index (χ0) is 8.97. The van der Waals surface area contributed by atoms with Crippen molar-refractivity contribution in [3.8, 4) is 0 Å². The van der Waals surface area contributed by atoms with Gasteiger partial charge in [0.05, 0.1) is 0 Å². The van der Waals surface area contributed by atoms with E-state index >= 15 is 0 Å². The van der Waals surface area contributed by atoms with Crippen LogP contribution in [0.4, 0.5) is 0 Å². The molecule has 0 aromatic heterocycles. The van der Waals surface area contributed by atoms with E-state index < -0.39 is 0 Å². The van der Waals surface area contributed by atoms with E-state index in [2.05, 4.69) is 18.8 Å². The average Bonchev–Trinajstić information content (AvgIpc) is 2.06. The maximum Gasteiger partial charge on any atom is -0.00235 e. The first-order valence-electron chi connectivity index (χ1n) is 5.04. The van der Waals surface area contributed by atoms with Crippen LogP contribution in [0.1, 0.15) is 32.6 Å². The minimum atomic E-state index is 0.818. The molecular formula is C11H21N. The van der Waals surface area contributed by atoms with Crippen LogP contribution in [-0.4, -0.2) is 13.6 Å². The summed E-state index contributed by atoms with van der Waals surface area (Å²) in [7, 11) is 2.05. The van der Waals surface area contributed by atoms with E-state index in [9.17, 15) is 0 Å². The molecule has 1 rings (SSSR count). The highest BCUT2D eigenvalue weighted by Gasteiger charge is 2.20. The number of allylic oxidation sites excluding steroid dienone is 1. The zero-order valence-corrected chi connectivity index (χ0v) is 8.40. The molecule has 0 aromatic carbocycles. The molecule has 0 bridgehead atoms. The van der Waals surface area contributed by atoms with E-state index in [4.69, 9.17) is 0 Å². The van der Waals surface area contributed by atoms with Crippen molar-refractivity contribution in [2.75, 3.05) is 13.6 Å². The van der Waals surface area contributed by atoms with E-state index in [0.29, 0.717) is 0 Å². The molecule has 1 nitrogen and oxygen atoms in total. The Bertz CT molecular complexity index is 143. The standard InChI is InChI=1S/C11H21N/c1-9(2)11-6-4-10(5-7-11)8-12-3/h10-12H,1,4-8H2,2-3H3. The van der Waals surface area contributed by atoms with E-state index in [0.717, 1.165) is 11.8 Å².